The maximum Gasteiger partial charge on any atom is 0.0443 e. The molecule has 0 amide bonds. The lowest BCUT2D eigenvalue weighted by Gasteiger charge is -2.26. The standard InChI is InChI=1S/C11H24BrNO/c1-11(2)13(9-6-10-14)8-5-3-4-7-12/h11,14H,3-10H2,1-2H3. The van der Waals surface area contributed by atoms with Crippen LogP contribution in [0, 0.1) is 0 Å². The minimum Gasteiger partial charge on any atom is -0.396 e. The predicted molar refractivity (Wildman–Crippen MR) is 66.1 cm³/mol. The number of rotatable bonds is 9. The Bertz CT molecular complexity index is 120. The van der Waals surface area contributed by atoms with Crippen LogP contribution in [0.15, 0.2) is 0 Å². The second kappa shape index (κ2) is 9.94. The van der Waals surface area contributed by atoms with Crippen molar-refractivity contribution in [3.63, 3.8) is 0 Å². The fourth-order valence-corrected chi connectivity index (χ4v) is 1.88. The van der Waals surface area contributed by atoms with Crippen molar-refractivity contribution < 1.29 is 5.11 Å². The third kappa shape index (κ3) is 7.77. The van der Waals surface area contributed by atoms with Crippen molar-refractivity contribution in [2.75, 3.05) is 25.0 Å². The lowest BCUT2D eigenvalue weighted by Crippen LogP contribution is -2.33. The minimum atomic E-state index is 0.310. The molecule has 0 rings (SSSR count). The molecule has 0 saturated carbocycles. The lowest BCUT2D eigenvalue weighted by atomic mass is 10.2. The quantitative estimate of drug-likeness (QED) is 0.512. The molecule has 0 bridgehead atoms. The smallest absolute Gasteiger partial charge is 0.0443 e. The van der Waals surface area contributed by atoms with Crippen LogP contribution in [0.5, 0.6) is 0 Å². The van der Waals surface area contributed by atoms with E-state index in [-0.39, 0.29) is 0 Å². The van der Waals surface area contributed by atoms with Gasteiger partial charge in [-0.25, -0.2) is 0 Å². The lowest BCUT2D eigenvalue weighted by molar-refractivity contribution is 0.189. The van der Waals surface area contributed by atoms with E-state index in [1.807, 2.05) is 0 Å². The summed E-state index contributed by atoms with van der Waals surface area (Å²) in [5, 5.41) is 9.89. The molecule has 0 unspecified atom stereocenters. The maximum atomic E-state index is 8.77. The SMILES string of the molecule is CC(C)N(CCCO)CCCCCBr. The number of alkyl halides is 1. The molecule has 1 N–H and O–H groups in total. The van der Waals surface area contributed by atoms with Crippen LogP contribution >= 0.6 is 15.9 Å². The molecule has 0 saturated heterocycles. The highest BCUT2D eigenvalue weighted by atomic mass is 79.9. The van der Waals surface area contributed by atoms with Gasteiger partial charge in [0, 0.05) is 24.5 Å². The molecule has 14 heavy (non-hydrogen) atoms. The van der Waals surface area contributed by atoms with E-state index in [2.05, 4.69) is 34.7 Å². The molecule has 0 aliphatic carbocycles. The first kappa shape index (κ1) is 14.4. The van der Waals surface area contributed by atoms with Gasteiger partial charge in [0.2, 0.25) is 0 Å². The van der Waals surface area contributed by atoms with Crippen LogP contribution in [0.4, 0.5) is 0 Å². The average Bonchev–Trinajstić information content (AvgIpc) is 2.16. The van der Waals surface area contributed by atoms with Gasteiger partial charge in [-0.15, -0.1) is 0 Å². The zero-order chi connectivity index (χ0) is 10.8. The van der Waals surface area contributed by atoms with Crippen LogP contribution in [0.1, 0.15) is 39.5 Å². The average molecular weight is 266 g/mol. The van der Waals surface area contributed by atoms with Crippen molar-refractivity contribution >= 4 is 15.9 Å². The summed E-state index contributed by atoms with van der Waals surface area (Å²) < 4.78 is 0. The number of unbranched alkanes of at least 4 members (excludes halogenated alkanes) is 2. The van der Waals surface area contributed by atoms with Gasteiger partial charge >= 0.3 is 0 Å². The highest BCUT2D eigenvalue weighted by Crippen LogP contribution is 2.05. The molecule has 0 aliphatic heterocycles. The van der Waals surface area contributed by atoms with Gasteiger partial charge in [0.05, 0.1) is 0 Å². The first-order chi connectivity index (χ1) is 6.72. The molecule has 0 aromatic heterocycles. The number of aliphatic hydroxyl groups excluding tert-OH is 1. The summed E-state index contributed by atoms with van der Waals surface area (Å²) >= 11 is 3.44. The Labute approximate surface area is 96.8 Å². The van der Waals surface area contributed by atoms with Crippen LogP contribution in [-0.2, 0) is 0 Å². The number of nitrogens with zero attached hydrogens (tertiary/aromatic N) is 1. The van der Waals surface area contributed by atoms with E-state index in [0.29, 0.717) is 12.6 Å². The van der Waals surface area contributed by atoms with Crippen molar-refractivity contribution in [3.05, 3.63) is 0 Å². The van der Waals surface area contributed by atoms with Crippen LogP contribution in [0.25, 0.3) is 0 Å². The second-order valence-electron chi connectivity index (χ2n) is 3.96. The Morgan fingerprint density at radius 3 is 2.21 bits per heavy atom. The molecule has 2 nitrogen and oxygen atoms in total. The Morgan fingerprint density at radius 1 is 1.07 bits per heavy atom. The van der Waals surface area contributed by atoms with E-state index in [1.54, 1.807) is 0 Å². The zero-order valence-corrected chi connectivity index (χ0v) is 11.1. The van der Waals surface area contributed by atoms with Gasteiger partial charge in [-0.2, -0.15) is 0 Å². The Balaban J connectivity index is 3.52. The summed E-state index contributed by atoms with van der Waals surface area (Å²) in [7, 11) is 0. The molecule has 86 valence electrons. The summed E-state index contributed by atoms with van der Waals surface area (Å²) in [4.78, 5) is 2.45. The summed E-state index contributed by atoms with van der Waals surface area (Å²) in [6.45, 7) is 6.96. The molecule has 0 radical (unpaired) electrons. The van der Waals surface area contributed by atoms with E-state index < -0.39 is 0 Å². The third-order valence-electron chi connectivity index (χ3n) is 2.41. The fourth-order valence-electron chi connectivity index (χ4n) is 1.49. The van der Waals surface area contributed by atoms with Gasteiger partial charge in [-0.3, -0.25) is 0 Å². The number of hydrogen-bond donors (Lipinski definition) is 1. The highest BCUT2D eigenvalue weighted by molar-refractivity contribution is 9.09. The van der Waals surface area contributed by atoms with Crippen molar-refractivity contribution in [1.82, 2.24) is 4.90 Å². The highest BCUT2D eigenvalue weighted by Gasteiger charge is 2.07. The van der Waals surface area contributed by atoms with Crippen LogP contribution in [0.3, 0.4) is 0 Å². The van der Waals surface area contributed by atoms with E-state index in [9.17, 15) is 0 Å². The largest absolute Gasteiger partial charge is 0.396 e. The van der Waals surface area contributed by atoms with Crippen LogP contribution in [0.2, 0.25) is 0 Å². The van der Waals surface area contributed by atoms with Crippen molar-refractivity contribution in [3.8, 4) is 0 Å². The molecule has 0 aromatic rings. The molecule has 0 heterocycles. The normalized spacial score (nSPS) is 11.6. The Kier molecular flexibility index (Phi) is 10.2. The molecular weight excluding hydrogens is 242 g/mol. The zero-order valence-electron chi connectivity index (χ0n) is 9.51. The number of halogens is 1. The molecule has 0 spiro atoms. The monoisotopic (exact) mass is 265 g/mol. The summed E-state index contributed by atoms with van der Waals surface area (Å²) in [6, 6.07) is 0.602. The minimum absolute atomic E-state index is 0.310. The number of aliphatic hydroxyl groups is 1. The van der Waals surface area contributed by atoms with Gasteiger partial charge in [0.1, 0.15) is 0 Å². The first-order valence-corrected chi connectivity index (χ1v) is 6.75. The second-order valence-corrected chi connectivity index (χ2v) is 4.75. The van der Waals surface area contributed by atoms with Gasteiger partial charge < -0.3 is 10.0 Å². The van der Waals surface area contributed by atoms with E-state index in [4.69, 9.17) is 5.11 Å². The first-order valence-electron chi connectivity index (χ1n) is 5.63. The molecule has 0 fully saturated rings. The van der Waals surface area contributed by atoms with Gasteiger partial charge in [0.15, 0.2) is 0 Å². The fraction of sp³-hybridized carbons (Fsp3) is 1.00. The molecule has 3 heteroatoms. The predicted octanol–water partition coefficient (Wildman–Crippen LogP) is 2.64. The summed E-state index contributed by atoms with van der Waals surface area (Å²) in [5.74, 6) is 0. The van der Waals surface area contributed by atoms with Crippen LogP contribution in [-0.4, -0.2) is 41.1 Å². The molecule has 0 atom stereocenters. The van der Waals surface area contributed by atoms with E-state index in [0.717, 1.165) is 18.3 Å². The van der Waals surface area contributed by atoms with Gasteiger partial charge in [-0.05, 0) is 39.7 Å². The Hall–Kier alpha value is 0.400. The number of hydrogen-bond acceptors (Lipinski definition) is 2. The summed E-state index contributed by atoms with van der Waals surface area (Å²) in [6.07, 6.45) is 4.74. The van der Waals surface area contributed by atoms with Crippen molar-refractivity contribution in [2.45, 2.75) is 45.6 Å². The van der Waals surface area contributed by atoms with Gasteiger partial charge in [0.25, 0.3) is 0 Å². The summed E-state index contributed by atoms with van der Waals surface area (Å²) in [5.41, 5.74) is 0. The van der Waals surface area contributed by atoms with Crippen molar-refractivity contribution in [2.24, 2.45) is 0 Å². The molecule has 0 aliphatic rings. The van der Waals surface area contributed by atoms with Crippen LogP contribution < -0.4 is 0 Å². The van der Waals surface area contributed by atoms with E-state index >= 15 is 0 Å². The molecule has 0 aromatic carbocycles. The Morgan fingerprint density at radius 2 is 1.71 bits per heavy atom. The van der Waals surface area contributed by atoms with E-state index in [1.165, 1.54) is 25.8 Å². The third-order valence-corrected chi connectivity index (χ3v) is 2.97. The van der Waals surface area contributed by atoms with Crippen molar-refractivity contribution in [1.29, 1.82) is 0 Å². The van der Waals surface area contributed by atoms with Gasteiger partial charge in [-0.1, -0.05) is 22.4 Å². The topological polar surface area (TPSA) is 23.5 Å². The molecular formula is C11H24BrNO. The maximum absolute atomic E-state index is 8.77.